The van der Waals surface area contributed by atoms with E-state index >= 15 is 0 Å². The molecular formula is C26H20Cl2N2O4. The lowest BCUT2D eigenvalue weighted by molar-refractivity contribution is -0.120. The average molecular weight is 495 g/mol. The maximum atomic E-state index is 13.1. The molecule has 3 aromatic carbocycles. The summed E-state index contributed by atoms with van der Waals surface area (Å²) in [4.78, 5) is 39.4. The molecule has 4 rings (SSSR count). The lowest BCUT2D eigenvalue weighted by Crippen LogP contribution is -2.33. The quantitative estimate of drug-likeness (QED) is 0.263. The van der Waals surface area contributed by atoms with Crippen molar-refractivity contribution in [2.24, 2.45) is 0 Å². The summed E-state index contributed by atoms with van der Waals surface area (Å²) >= 11 is 12.2. The molecule has 0 aromatic heterocycles. The van der Waals surface area contributed by atoms with Gasteiger partial charge in [-0.05, 0) is 73.0 Å². The zero-order chi connectivity index (χ0) is 24.4. The van der Waals surface area contributed by atoms with Crippen LogP contribution in [-0.2, 0) is 16.0 Å². The number of amides is 2. The molecule has 0 unspecified atom stereocenters. The molecule has 0 fully saturated rings. The highest BCUT2D eigenvalue weighted by atomic mass is 35.5. The molecular weight excluding hydrogens is 475 g/mol. The van der Waals surface area contributed by atoms with E-state index in [1.54, 1.807) is 61.5 Å². The van der Waals surface area contributed by atoms with Gasteiger partial charge in [-0.25, -0.2) is 9.69 Å². The number of nitrogens with one attached hydrogen (secondary N) is 1. The van der Waals surface area contributed by atoms with E-state index in [9.17, 15) is 14.4 Å². The van der Waals surface area contributed by atoms with Gasteiger partial charge in [0.25, 0.3) is 11.8 Å². The number of hydrogen-bond donors (Lipinski definition) is 1. The number of anilines is 2. The van der Waals surface area contributed by atoms with E-state index in [2.05, 4.69) is 5.32 Å². The molecule has 3 aromatic rings. The van der Waals surface area contributed by atoms with E-state index in [1.807, 2.05) is 19.1 Å². The molecule has 1 N–H and O–H groups in total. The third-order valence-corrected chi connectivity index (χ3v) is 5.96. The van der Waals surface area contributed by atoms with Gasteiger partial charge in [0.1, 0.15) is 16.5 Å². The molecule has 1 heterocycles. The van der Waals surface area contributed by atoms with Crippen molar-refractivity contribution in [3.8, 4) is 5.75 Å². The van der Waals surface area contributed by atoms with Crippen LogP contribution in [0.4, 0.5) is 11.4 Å². The van der Waals surface area contributed by atoms with Crippen LogP contribution in [0.3, 0.4) is 0 Å². The molecule has 1 aliphatic heterocycles. The predicted octanol–water partition coefficient (Wildman–Crippen LogP) is 5.87. The molecule has 0 aliphatic carbocycles. The van der Waals surface area contributed by atoms with Crippen LogP contribution in [0.15, 0.2) is 77.5 Å². The molecule has 34 heavy (non-hydrogen) atoms. The first-order valence-electron chi connectivity index (χ1n) is 10.5. The highest BCUT2D eigenvalue weighted by Gasteiger charge is 2.39. The summed E-state index contributed by atoms with van der Waals surface area (Å²) in [6.07, 6.45) is 0.653. The third kappa shape index (κ3) is 4.55. The predicted molar refractivity (Wildman–Crippen MR) is 132 cm³/mol. The first-order chi connectivity index (χ1) is 16.3. The Morgan fingerprint density at radius 2 is 1.68 bits per heavy atom. The second-order valence-electron chi connectivity index (χ2n) is 7.62. The van der Waals surface area contributed by atoms with Gasteiger partial charge >= 0.3 is 5.97 Å². The number of halogens is 2. The third-order valence-electron chi connectivity index (χ3n) is 5.37. The number of rotatable bonds is 6. The molecule has 0 spiro atoms. The van der Waals surface area contributed by atoms with Crippen molar-refractivity contribution in [3.63, 3.8) is 0 Å². The van der Waals surface area contributed by atoms with Crippen LogP contribution >= 0.6 is 23.2 Å². The first kappa shape index (κ1) is 23.5. The van der Waals surface area contributed by atoms with Gasteiger partial charge in [-0.1, -0.05) is 48.3 Å². The summed E-state index contributed by atoms with van der Waals surface area (Å²) in [6, 6.07) is 18.5. The number of aryl methyl sites for hydroxylation is 2. The van der Waals surface area contributed by atoms with Gasteiger partial charge in [0.15, 0.2) is 0 Å². The Labute approximate surface area is 206 Å². The zero-order valence-corrected chi connectivity index (χ0v) is 19.9. The van der Waals surface area contributed by atoms with Crippen molar-refractivity contribution in [1.29, 1.82) is 0 Å². The number of ether oxygens (including phenoxy) is 1. The van der Waals surface area contributed by atoms with E-state index < -0.39 is 17.8 Å². The van der Waals surface area contributed by atoms with Crippen LogP contribution in [0, 0.1) is 6.92 Å². The molecule has 1 aliphatic rings. The lowest BCUT2D eigenvalue weighted by atomic mass is 10.1. The summed E-state index contributed by atoms with van der Waals surface area (Å²) in [5.74, 6) is -1.26. The fraction of sp³-hybridized carbons (Fsp3) is 0.115. The fourth-order valence-electron chi connectivity index (χ4n) is 3.58. The van der Waals surface area contributed by atoms with Gasteiger partial charge in [0, 0.05) is 10.7 Å². The highest BCUT2D eigenvalue weighted by molar-refractivity contribution is 6.53. The Balaban J connectivity index is 1.50. The van der Waals surface area contributed by atoms with E-state index in [4.69, 9.17) is 27.9 Å². The van der Waals surface area contributed by atoms with E-state index in [1.165, 1.54) is 0 Å². The van der Waals surface area contributed by atoms with Gasteiger partial charge in [0.2, 0.25) is 0 Å². The average Bonchev–Trinajstić information content (AvgIpc) is 3.04. The Morgan fingerprint density at radius 3 is 2.35 bits per heavy atom. The van der Waals surface area contributed by atoms with Crippen LogP contribution in [0.1, 0.15) is 28.4 Å². The Morgan fingerprint density at radius 1 is 0.971 bits per heavy atom. The number of carbonyl (C=O) groups excluding carboxylic acids is 3. The van der Waals surface area contributed by atoms with Crippen molar-refractivity contribution in [1.82, 2.24) is 0 Å². The van der Waals surface area contributed by atoms with Crippen molar-refractivity contribution in [3.05, 3.63) is 99.2 Å². The molecule has 8 heteroatoms. The van der Waals surface area contributed by atoms with Crippen LogP contribution in [0.5, 0.6) is 5.75 Å². The number of carbonyl (C=O) groups is 3. The van der Waals surface area contributed by atoms with Gasteiger partial charge in [-0.2, -0.15) is 0 Å². The standard InChI is InChI=1S/C26H20Cl2N2O4/c1-3-16-6-4-5-7-20(16)30-24(31)22(28)23(25(30)32)29-19-11-8-17(9-12-19)26(33)34-21-13-10-18(27)14-15(21)2/h4-14,29H,3H2,1-2H3. The summed E-state index contributed by atoms with van der Waals surface area (Å²) < 4.78 is 5.44. The minimum atomic E-state index is -0.589. The van der Waals surface area contributed by atoms with Crippen molar-refractivity contribution >= 4 is 52.4 Å². The van der Waals surface area contributed by atoms with Crippen molar-refractivity contribution in [2.45, 2.75) is 20.3 Å². The summed E-state index contributed by atoms with van der Waals surface area (Å²) in [5.41, 5.74) is 2.87. The number of imide groups is 1. The highest BCUT2D eigenvalue weighted by Crippen LogP contribution is 2.32. The summed E-state index contributed by atoms with van der Waals surface area (Å²) in [7, 11) is 0. The van der Waals surface area contributed by atoms with Gasteiger partial charge in [0.05, 0.1) is 11.3 Å². The second-order valence-corrected chi connectivity index (χ2v) is 8.43. The van der Waals surface area contributed by atoms with Crippen molar-refractivity contribution < 1.29 is 19.1 Å². The lowest BCUT2D eigenvalue weighted by Gasteiger charge is -2.18. The van der Waals surface area contributed by atoms with E-state index in [0.29, 0.717) is 34.1 Å². The Bertz CT molecular complexity index is 1330. The SMILES string of the molecule is CCc1ccccc1N1C(=O)C(Cl)=C(Nc2ccc(C(=O)Oc3ccc(Cl)cc3C)cc2)C1=O. The number of nitrogens with zero attached hydrogens (tertiary/aromatic N) is 1. The number of esters is 1. The molecule has 0 saturated carbocycles. The molecule has 0 bridgehead atoms. The second kappa shape index (κ2) is 9.71. The number of hydrogen-bond acceptors (Lipinski definition) is 5. The largest absolute Gasteiger partial charge is 0.423 e. The summed E-state index contributed by atoms with van der Waals surface area (Å²) in [5, 5.41) is 3.26. The first-order valence-corrected chi connectivity index (χ1v) is 11.3. The molecule has 0 saturated heterocycles. The van der Waals surface area contributed by atoms with Gasteiger partial charge < -0.3 is 10.1 Å². The fourth-order valence-corrected chi connectivity index (χ4v) is 4.02. The number of benzene rings is 3. The molecule has 172 valence electrons. The van der Waals surface area contributed by atoms with E-state index in [0.717, 1.165) is 16.0 Å². The molecule has 6 nitrogen and oxygen atoms in total. The normalized spacial score (nSPS) is 13.5. The van der Waals surface area contributed by atoms with Gasteiger partial charge in [-0.15, -0.1) is 0 Å². The molecule has 0 atom stereocenters. The minimum absolute atomic E-state index is 0.0234. The van der Waals surface area contributed by atoms with Crippen LogP contribution in [0.2, 0.25) is 5.02 Å². The van der Waals surface area contributed by atoms with Crippen LogP contribution in [-0.4, -0.2) is 17.8 Å². The topological polar surface area (TPSA) is 75.7 Å². The Kier molecular flexibility index (Phi) is 6.72. The van der Waals surface area contributed by atoms with Crippen molar-refractivity contribution in [2.75, 3.05) is 10.2 Å². The summed E-state index contributed by atoms with van der Waals surface area (Å²) in [6.45, 7) is 3.74. The van der Waals surface area contributed by atoms with Crippen LogP contribution < -0.4 is 15.0 Å². The maximum Gasteiger partial charge on any atom is 0.343 e. The number of para-hydroxylation sites is 1. The minimum Gasteiger partial charge on any atom is -0.423 e. The maximum absolute atomic E-state index is 13.1. The van der Waals surface area contributed by atoms with Crippen LogP contribution in [0.25, 0.3) is 0 Å². The van der Waals surface area contributed by atoms with Gasteiger partial charge in [-0.3, -0.25) is 9.59 Å². The smallest absolute Gasteiger partial charge is 0.343 e. The Hall–Kier alpha value is -3.61. The molecule has 0 radical (unpaired) electrons. The zero-order valence-electron chi connectivity index (χ0n) is 18.4. The monoisotopic (exact) mass is 494 g/mol. The van der Waals surface area contributed by atoms with E-state index in [-0.39, 0.29) is 10.7 Å². The molecule has 2 amide bonds.